The Kier molecular flexibility index (Phi) is 12.9. The summed E-state index contributed by atoms with van der Waals surface area (Å²) in [5.41, 5.74) is 8.14. The lowest BCUT2D eigenvalue weighted by Gasteiger charge is -2.33. The maximum Gasteiger partial charge on any atom is 0.237 e. The molecule has 1 unspecified atom stereocenters. The summed E-state index contributed by atoms with van der Waals surface area (Å²) < 4.78 is 0. The van der Waals surface area contributed by atoms with Crippen molar-refractivity contribution in [2.45, 2.75) is 19.0 Å². The van der Waals surface area contributed by atoms with E-state index in [4.69, 9.17) is 5.73 Å². The van der Waals surface area contributed by atoms with E-state index in [0.717, 1.165) is 43.1 Å². The number of piperazine rings is 1. The van der Waals surface area contributed by atoms with E-state index in [-0.39, 0.29) is 43.1 Å². The van der Waals surface area contributed by atoms with Crippen molar-refractivity contribution in [1.29, 1.82) is 0 Å². The molecule has 0 radical (unpaired) electrons. The largest absolute Gasteiger partial charge is 0.354 e. The van der Waals surface area contributed by atoms with Gasteiger partial charge in [0.1, 0.15) is 5.82 Å². The Morgan fingerprint density at radius 1 is 1.07 bits per heavy atom. The molecule has 3 N–H and O–H groups in total. The number of carbonyl (C=O) groups excluding carboxylic acids is 1. The van der Waals surface area contributed by atoms with Gasteiger partial charge in [-0.2, -0.15) is 0 Å². The van der Waals surface area contributed by atoms with Crippen molar-refractivity contribution in [2.75, 3.05) is 38.1 Å². The minimum absolute atomic E-state index is 0. The van der Waals surface area contributed by atoms with Crippen LogP contribution in [-0.4, -0.2) is 55.1 Å². The summed E-state index contributed by atoms with van der Waals surface area (Å²) in [5.74, 6) is 0.838. The molecular formula is C20H30Cl3N5O. The summed E-state index contributed by atoms with van der Waals surface area (Å²) in [5, 5.41) is 2.94. The van der Waals surface area contributed by atoms with Crippen LogP contribution < -0.4 is 16.0 Å². The molecule has 0 bridgehead atoms. The molecule has 29 heavy (non-hydrogen) atoms. The average molecular weight is 463 g/mol. The van der Waals surface area contributed by atoms with Crippen LogP contribution in [0.5, 0.6) is 0 Å². The van der Waals surface area contributed by atoms with E-state index >= 15 is 0 Å². The molecule has 0 spiro atoms. The van der Waals surface area contributed by atoms with Gasteiger partial charge in [0.25, 0.3) is 0 Å². The topological polar surface area (TPSA) is 74.5 Å². The number of nitrogens with one attached hydrogen (secondary N) is 1. The highest BCUT2D eigenvalue weighted by atomic mass is 35.5. The third kappa shape index (κ3) is 8.36. The van der Waals surface area contributed by atoms with Crippen LogP contribution in [0.1, 0.15) is 11.1 Å². The maximum absolute atomic E-state index is 12.3. The molecule has 6 nitrogen and oxygen atoms in total. The van der Waals surface area contributed by atoms with Crippen molar-refractivity contribution < 1.29 is 4.79 Å². The van der Waals surface area contributed by atoms with E-state index in [0.29, 0.717) is 13.0 Å². The van der Waals surface area contributed by atoms with Gasteiger partial charge in [0.15, 0.2) is 0 Å². The predicted octanol–water partition coefficient (Wildman–Crippen LogP) is 2.29. The maximum atomic E-state index is 12.3. The first-order chi connectivity index (χ1) is 12.6. The third-order valence-electron chi connectivity index (χ3n) is 4.74. The van der Waals surface area contributed by atoms with Crippen molar-refractivity contribution in [2.24, 2.45) is 5.73 Å². The molecule has 9 heteroatoms. The zero-order valence-electron chi connectivity index (χ0n) is 16.5. The molecule has 1 aliphatic heterocycles. The molecule has 2 aromatic rings. The summed E-state index contributed by atoms with van der Waals surface area (Å²) >= 11 is 0. The summed E-state index contributed by atoms with van der Waals surface area (Å²) in [6, 6.07) is 13.3. The molecule has 0 aliphatic carbocycles. The number of nitrogens with zero attached hydrogens (tertiary/aromatic N) is 3. The van der Waals surface area contributed by atoms with E-state index < -0.39 is 6.04 Å². The van der Waals surface area contributed by atoms with Crippen LogP contribution in [0, 0.1) is 0 Å². The molecule has 1 saturated heterocycles. The van der Waals surface area contributed by atoms with Crippen LogP contribution in [0.15, 0.2) is 48.7 Å². The molecule has 0 saturated carbocycles. The molecule has 1 aliphatic rings. The summed E-state index contributed by atoms with van der Waals surface area (Å²) in [6.07, 6.45) is 2.34. The first-order valence-corrected chi connectivity index (χ1v) is 9.07. The first kappa shape index (κ1) is 27.4. The molecule has 3 rings (SSSR count). The number of nitrogens with two attached hydrogens (primary N) is 1. The first-order valence-electron chi connectivity index (χ1n) is 9.07. The number of pyridine rings is 1. The lowest BCUT2D eigenvalue weighted by atomic mass is 10.1. The second kappa shape index (κ2) is 13.6. The quantitative estimate of drug-likeness (QED) is 0.689. The Morgan fingerprint density at radius 2 is 1.72 bits per heavy atom. The van der Waals surface area contributed by atoms with Crippen LogP contribution in [0.3, 0.4) is 0 Å². The number of likely N-dealkylation sites (N-methyl/N-ethyl adjacent to an activating group) is 1. The molecule has 1 fully saturated rings. The smallest absolute Gasteiger partial charge is 0.237 e. The molecule has 162 valence electrons. The predicted molar refractivity (Wildman–Crippen MR) is 126 cm³/mol. The highest BCUT2D eigenvalue weighted by Gasteiger charge is 2.16. The van der Waals surface area contributed by atoms with E-state index in [1.165, 1.54) is 0 Å². The normalized spacial score (nSPS) is 14.6. The summed E-state index contributed by atoms with van der Waals surface area (Å²) in [4.78, 5) is 21.4. The van der Waals surface area contributed by atoms with Crippen molar-refractivity contribution in [3.8, 4) is 0 Å². The Morgan fingerprint density at radius 3 is 2.38 bits per heavy atom. The van der Waals surface area contributed by atoms with E-state index in [1.54, 1.807) is 6.20 Å². The van der Waals surface area contributed by atoms with Gasteiger partial charge in [0, 0.05) is 38.9 Å². The number of rotatable bonds is 6. The van der Waals surface area contributed by atoms with Gasteiger partial charge in [-0.15, -0.1) is 37.2 Å². The third-order valence-corrected chi connectivity index (χ3v) is 4.74. The van der Waals surface area contributed by atoms with Crippen molar-refractivity contribution in [3.05, 3.63) is 59.8 Å². The van der Waals surface area contributed by atoms with Gasteiger partial charge in [-0.1, -0.05) is 30.3 Å². The molecule has 1 amide bonds. The molecule has 1 atom stereocenters. The standard InChI is InChI=1S/C20H27N5O.3ClH/c1-24-9-11-25(12-10-24)19-14-17(7-8-22-19)15-23-20(26)18(21)13-16-5-3-2-4-6-16;;;/h2-8,14,18H,9-13,15,21H2,1H3,(H,23,26);3*1H. The van der Waals surface area contributed by atoms with Crippen molar-refractivity contribution in [1.82, 2.24) is 15.2 Å². The zero-order chi connectivity index (χ0) is 18.4. The van der Waals surface area contributed by atoms with E-state index in [9.17, 15) is 4.79 Å². The lowest BCUT2D eigenvalue weighted by Crippen LogP contribution is -2.44. The van der Waals surface area contributed by atoms with Crippen LogP contribution in [0.2, 0.25) is 0 Å². The number of aromatic nitrogens is 1. The highest BCUT2D eigenvalue weighted by molar-refractivity contribution is 5.86. The minimum atomic E-state index is -0.545. The number of hydrogen-bond acceptors (Lipinski definition) is 5. The fourth-order valence-corrected chi connectivity index (χ4v) is 3.06. The Hall–Kier alpha value is -1.57. The number of carbonyl (C=O) groups is 1. The summed E-state index contributed by atoms with van der Waals surface area (Å²) in [7, 11) is 2.13. The SMILES string of the molecule is CN1CCN(c2cc(CNC(=O)C(N)Cc3ccccc3)ccn2)CC1.Cl.Cl.Cl. The Bertz CT molecular complexity index is 727. The lowest BCUT2D eigenvalue weighted by molar-refractivity contribution is -0.122. The number of halogens is 3. The molecule has 1 aromatic carbocycles. The van der Waals surface area contributed by atoms with Crippen LogP contribution in [-0.2, 0) is 17.8 Å². The Balaban J connectivity index is 0.00000261. The highest BCUT2D eigenvalue weighted by Crippen LogP contribution is 2.14. The molecular weight excluding hydrogens is 433 g/mol. The fourth-order valence-electron chi connectivity index (χ4n) is 3.06. The van der Waals surface area contributed by atoms with E-state index in [2.05, 4.69) is 27.1 Å². The Labute approximate surface area is 191 Å². The van der Waals surface area contributed by atoms with Gasteiger partial charge in [-0.25, -0.2) is 4.98 Å². The summed E-state index contributed by atoms with van der Waals surface area (Å²) in [6.45, 7) is 4.49. The second-order valence-corrected chi connectivity index (χ2v) is 6.83. The van der Waals surface area contributed by atoms with Crippen molar-refractivity contribution in [3.63, 3.8) is 0 Å². The van der Waals surface area contributed by atoms with Gasteiger partial charge in [0.2, 0.25) is 5.91 Å². The fraction of sp³-hybridized carbons (Fsp3) is 0.400. The van der Waals surface area contributed by atoms with Gasteiger partial charge >= 0.3 is 0 Å². The second-order valence-electron chi connectivity index (χ2n) is 6.83. The number of hydrogen-bond donors (Lipinski definition) is 2. The number of amides is 1. The minimum Gasteiger partial charge on any atom is -0.354 e. The van der Waals surface area contributed by atoms with Crippen LogP contribution in [0.4, 0.5) is 5.82 Å². The van der Waals surface area contributed by atoms with Gasteiger partial charge in [0.05, 0.1) is 6.04 Å². The van der Waals surface area contributed by atoms with Gasteiger partial charge in [-0.3, -0.25) is 4.79 Å². The molecule has 1 aromatic heterocycles. The van der Waals surface area contributed by atoms with Crippen LogP contribution >= 0.6 is 37.2 Å². The average Bonchev–Trinajstić information content (AvgIpc) is 2.67. The van der Waals surface area contributed by atoms with Crippen molar-refractivity contribution >= 4 is 48.9 Å². The van der Waals surface area contributed by atoms with Crippen LogP contribution in [0.25, 0.3) is 0 Å². The van der Waals surface area contributed by atoms with Gasteiger partial charge < -0.3 is 20.9 Å². The number of anilines is 1. The van der Waals surface area contributed by atoms with Gasteiger partial charge in [-0.05, 0) is 36.7 Å². The molecule has 2 heterocycles. The monoisotopic (exact) mass is 461 g/mol. The van der Waals surface area contributed by atoms with E-state index in [1.807, 2.05) is 42.5 Å². The number of benzene rings is 1. The zero-order valence-corrected chi connectivity index (χ0v) is 18.9.